The molecule has 1 atom stereocenters. The molecule has 0 fully saturated rings. The van der Waals surface area contributed by atoms with Gasteiger partial charge in [0.15, 0.2) is 0 Å². The molecule has 4 heteroatoms. The molecule has 0 spiro atoms. The van der Waals surface area contributed by atoms with E-state index in [9.17, 15) is 0 Å². The van der Waals surface area contributed by atoms with Gasteiger partial charge in [-0.3, -0.25) is 0 Å². The van der Waals surface area contributed by atoms with Crippen molar-refractivity contribution >= 4 is 38.6 Å². The number of nitrogen functional groups attached to an aromatic ring is 1. The second-order valence-corrected chi connectivity index (χ2v) is 6.34. The molecule has 2 rings (SSSR count). The number of thiophene rings is 1. The van der Waals surface area contributed by atoms with Crippen molar-refractivity contribution < 1.29 is 0 Å². The van der Waals surface area contributed by atoms with E-state index < -0.39 is 0 Å². The van der Waals surface area contributed by atoms with Gasteiger partial charge in [0.05, 0.1) is 5.69 Å². The highest BCUT2D eigenvalue weighted by Crippen LogP contribution is 2.29. The van der Waals surface area contributed by atoms with Gasteiger partial charge < -0.3 is 10.6 Å². The van der Waals surface area contributed by atoms with Crippen LogP contribution in [0.5, 0.6) is 0 Å². The second-order valence-electron chi connectivity index (χ2n) is 4.45. The Hall–Kier alpha value is -1.00. The fraction of sp³-hybridized carbons (Fsp3) is 0.286. The lowest BCUT2D eigenvalue weighted by molar-refractivity contribution is 0.687. The highest BCUT2D eigenvalue weighted by atomic mass is 79.9. The summed E-state index contributed by atoms with van der Waals surface area (Å²) in [5.41, 5.74) is 7.72. The molecule has 0 bridgehead atoms. The number of hydrogen-bond donors (Lipinski definition) is 1. The van der Waals surface area contributed by atoms with E-state index in [-0.39, 0.29) is 0 Å². The van der Waals surface area contributed by atoms with Crippen LogP contribution in [0.2, 0.25) is 0 Å². The molecule has 1 heterocycles. The van der Waals surface area contributed by atoms with Crippen molar-refractivity contribution in [1.29, 1.82) is 0 Å². The number of benzene rings is 1. The number of hydrogen-bond acceptors (Lipinski definition) is 3. The topological polar surface area (TPSA) is 29.3 Å². The van der Waals surface area contributed by atoms with Crippen LogP contribution < -0.4 is 10.6 Å². The summed E-state index contributed by atoms with van der Waals surface area (Å²) in [6.45, 7) is 2.24. The van der Waals surface area contributed by atoms with E-state index >= 15 is 0 Å². The standard InChI is InChI=1S/C14H17BrN2S/c1-10(8-12-4-3-7-18-12)17(2)14-6-5-11(16)9-13(14)15/h3-7,9-10H,8,16H2,1-2H3. The minimum absolute atomic E-state index is 0.448. The predicted octanol–water partition coefficient (Wildman–Crippen LogP) is 4.16. The average Bonchev–Trinajstić information content (AvgIpc) is 2.81. The molecule has 0 amide bonds. The first kappa shape index (κ1) is 13.4. The van der Waals surface area contributed by atoms with Crippen LogP contribution in [0.25, 0.3) is 0 Å². The van der Waals surface area contributed by atoms with Gasteiger partial charge in [-0.25, -0.2) is 0 Å². The Morgan fingerprint density at radius 2 is 2.17 bits per heavy atom. The van der Waals surface area contributed by atoms with Gasteiger partial charge in [-0.2, -0.15) is 0 Å². The molecular formula is C14H17BrN2S. The molecule has 0 aliphatic rings. The van der Waals surface area contributed by atoms with Gasteiger partial charge in [-0.05, 0) is 52.5 Å². The molecule has 2 N–H and O–H groups in total. The molecule has 2 nitrogen and oxygen atoms in total. The summed E-state index contributed by atoms with van der Waals surface area (Å²) in [6, 6.07) is 10.7. The maximum absolute atomic E-state index is 5.77. The lowest BCUT2D eigenvalue weighted by atomic mass is 10.1. The van der Waals surface area contributed by atoms with Gasteiger partial charge >= 0.3 is 0 Å². The van der Waals surface area contributed by atoms with Crippen LogP contribution in [0.4, 0.5) is 11.4 Å². The lowest BCUT2D eigenvalue weighted by Crippen LogP contribution is -2.30. The highest BCUT2D eigenvalue weighted by Gasteiger charge is 2.13. The molecular weight excluding hydrogens is 308 g/mol. The van der Waals surface area contributed by atoms with E-state index in [1.165, 1.54) is 10.6 Å². The van der Waals surface area contributed by atoms with E-state index in [2.05, 4.69) is 58.4 Å². The Kier molecular flexibility index (Phi) is 4.30. The summed E-state index contributed by atoms with van der Waals surface area (Å²) in [5, 5.41) is 2.13. The molecule has 0 aliphatic heterocycles. The molecule has 18 heavy (non-hydrogen) atoms. The van der Waals surface area contributed by atoms with Crippen LogP contribution in [0.1, 0.15) is 11.8 Å². The summed E-state index contributed by atoms with van der Waals surface area (Å²) < 4.78 is 1.04. The van der Waals surface area contributed by atoms with Gasteiger partial charge in [0.25, 0.3) is 0 Å². The fourth-order valence-corrected chi connectivity index (χ4v) is 3.41. The van der Waals surface area contributed by atoms with Crippen LogP contribution in [0.3, 0.4) is 0 Å². The Balaban J connectivity index is 2.12. The number of nitrogens with two attached hydrogens (primary N) is 1. The zero-order valence-electron chi connectivity index (χ0n) is 10.6. The molecule has 1 aromatic heterocycles. The summed E-state index contributed by atoms with van der Waals surface area (Å²) in [4.78, 5) is 3.70. The number of rotatable bonds is 4. The normalized spacial score (nSPS) is 12.4. The predicted molar refractivity (Wildman–Crippen MR) is 84.4 cm³/mol. The highest BCUT2D eigenvalue weighted by molar-refractivity contribution is 9.10. The van der Waals surface area contributed by atoms with Crippen molar-refractivity contribution in [3.63, 3.8) is 0 Å². The van der Waals surface area contributed by atoms with Gasteiger partial charge in [0, 0.05) is 34.5 Å². The molecule has 1 aromatic carbocycles. The first-order valence-electron chi connectivity index (χ1n) is 5.88. The van der Waals surface area contributed by atoms with Crippen molar-refractivity contribution in [2.45, 2.75) is 19.4 Å². The third-order valence-corrected chi connectivity index (χ3v) is 4.62. The third kappa shape index (κ3) is 3.06. The summed E-state index contributed by atoms with van der Waals surface area (Å²) in [7, 11) is 2.12. The molecule has 0 saturated carbocycles. The number of likely N-dealkylation sites (N-methyl/N-ethyl adjacent to an activating group) is 1. The first-order valence-corrected chi connectivity index (χ1v) is 7.55. The molecule has 96 valence electrons. The number of halogens is 1. The SMILES string of the molecule is CC(Cc1cccs1)N(C)c1ccc(N)cc1Br. The van der Waals surface area contributed by atoms with Crippen LogP contribution in [0.15, 0.2) is 40.2 Å². The van der Waals surface area contributed by atoms with Gasteiger partial charge in [0.2, 0.25) is 0 Å². The van der Waals surface area contributed by atoms with E-state index in [0.717, 1.165) is 16.6 Å². The third-order valence-electron chi connectivity index (χ3n) is 3.09. The van der Waals surface area contributed by atoms with Gasteiger partial charge in [-0.15, -0.1) is 11.3 Å². The smallest absolute Gasteiger partial charge is 0.0512 e. The second kappa shape index (κ2) is 5.76. The maximum Gasteiger partial charge on any atom is 0.0512 e. The average molecular weight is 325 g/mol. The maximum atomic E-state index is 5.77. The van der Waals surface area contributed by atoms with E-state index in [4.69, 9.17) is 5.73 Å². The minimum Gasteiger partial charge on any atom is -0.399 e. The lowest BCUT2D eigenvalue weighted by Gasteiger charge is -2.28. The minimum atomic E-state index is 0.448. The Morgan fingerprint density at radius 1 is 1.39 bits per heavy atom. The van der Waals surface area contributed by atoms with Crippen molar-refractivity contribution in [3.8, 4) is 0 Å². The Morgan fingerprint density at radius 3 is 2.78 bits per heavy atom. The molecule has 0 radical (unpaired) electrons. The van der Waals surface area contributed by atoms with E-state index in [1.807, 2.05) is 23.5 Å². The summed E-state index contributed by atoms with van der Waals surface area (Å²) in [6.07, 6.45) is 1.06. The zero-order valence-corrected chi connectivity index (χ0v) is 13.0. The molecule has 2 aromatic rings. The van der Waals surface area contributed by atoms with Gasteiger partial charge in [0.1, 0.15) is 0 Å². The van der Waals surface area contributed by atoms with Gasteiger partial charge in [-0.1, -0.05) is 6.07 Å². The Bertz CT molecular complexity index is 511. The summed E-state index contributed by atoms with van der Waals surface area (Å²) in [5.74, 6) is 0. The summed E-state index contributed by atoms with van der Waals surface area (Å²) >= 11 is 5.39. The van der Waals surface area contributed by atoms with Crippen LogP contribution in [-0.4, -0.2) is 13.1 Å². The largest absolute Gasteiger partial charge is 0.399 e. The van der Waals surface area contributed by atoms with Crippen molar-refractivity contribution in [3.05, 3.63) is 45.1 Å². The molecule has 0 saturated heterocycles. The molecule has 1 unspecified atom stereocenters. The van der Waals surface area contributed by atoms with Crippen LogP contribution in [-0.2, 0) is 6.42 Å². The van der Waals surface area contributed by atoms with Crippen molar-refractivity contribution in [2.24, 2.45) is 0 Å². The molecule has 0 aliphatic carbocycles. The Labute approximate surface area is 121 Å². The van der Waals surface area contributed by atoms with Crippen molar-refractivity contribution in [1.82, 2.24) is 0 Å². The fourth-order valence-electron chi connectivity index (χ4n) is 1.90. The zero-order chi connectivity index (χ0) is 13.1. The van der Waals surface area contributed by atoms with Crippen LogP contribution >= 0.6 is 27.3 Å². The first-order chi connectivity index (χ1) is 8.58. The van der Waals surface area contributed by atoms with Crippen LogP contribution in [0, 0.1) is 0 Å². The van der Waals surface area contributed by atoms with E-state index in [1.54, 1.807) is 0 Å². The number of nitrogens with zero attached hydrogens (tertiary/aromatic N) is 1. The van der Waals surface area contributed by atoms with Crippen molar-refractivity contribution in [2.75, 3.05) is 17.7 Å². The quantitative estimate of drug-likeness (QED) is 0.855. The number of anilines is 2. The monoisotopic (exact) mass is 324 g/mol. The van der Waals surface area contributed by atoms with E-state index in [0.29, 0.717) is 6.04 Å².